The van der Waals surface area contributed by atoms with Gasteiger partial charge in [-0.25, -0.2) is 0 Å². The number of hydrogen-bond donors (Lipinski definition) is 3. The summed E-state index contributed by atoms with van der Waals surface area (Å²) in [5.41, 5.74) is 13.2. The molecule has 0 unspecified atom stereocenters. The topological polar surface area (TPSA) is 89.8 Å². The lowest BCUT2D eigenvalue weighted by atomic mass is 10.2. The first-order valence-electron chi connectivity index (χ1n) is 4.98. The van der Waals surface area contributed by atoms with Crippen LogP contribution in [0.5, 0.6) is 0 Å². The number of benzene rings is 1. The van der Waals surface area contributed by atoms with E-state index < -0.39 is 0 Å². The summed E-state index contributed by atoms with van der Waals surface area (Å²) in [4.78, 5) is 7.85. The minimum absolute atomic E-state index is 0.149. The molecule has 0 bridgehead atoms. The second kappa shape index (κ2) is 4.58. The van der Waals surface area contributed by atoms with E-state index in [9.17, 15) is 0 Å². The minimum Gasteiger partial charge on any atom is -0.383 e. The first-order chi connectivity index (χ1) is 8.04. The van der Waals surface area contributed by atoms with Crippen molar-refractivity contribution in [2.24, 2.45) is 0 Å². The highest BCUT2D eigenvalue weighted by atomic mass is 79.9. The first kappa shape index (κ1) is 11.7. The first-order valence-corrected chi connectivity index (χ1v) is 5.77. The van der Waals surface area contributed by atoms with Gasteiger partial charge in [0.25, 0.3) is 0 Å². The maximum atomic E-state index is 5.59. The quantitative estimate of drug-likeness (QED) is 0.791. The average Bonchev–Trinajstić information content (AvgIpc) is 2.21. The van der Waals surface area contributed by atoms with E-state index in [0.717, 1.165) is 10.2 Å². The summed E-state index contributed by atoms with van der Waals surface area (Å²) in [5, 5.41) is 3.12. The molecule has 0 radical (unpaired) electrons. The molecule has 0 amide bonds. The van der Waals surface area contributed by atoms with Gasteiger partial charge >= 0.3 is 0 Å². The summed E-state index contributed by atoms with van der Waals surface area (Å²) in [7, 11) is 0. The maximum Gasteiger partial charge on any atom is 0.223 e. The van der Waals surface area contributed by atoms with Gasteiger partial charge < -0.3 is 16.8 Å². The number of anilines is 4. The summed E-state index contributed by atoms with van der Waals surface area (Å²) in [5.74, 6) is 1.05. The molecule has 1 heterocycles. The average molecular weight is 294 g/mol. The minimum atomic E-state index is 0.149. The molecule has 17 heavy (non-hydrogen) atoms. The Morgan fingerprint density at radius 2 is 1.94 bits per heavy atom. The van der Waals surface area contributed by atoms with Crippen LogP contribution in [0.3, 0.4) is 0 Å². The van der Waals surface area contributed by atoms with Crippen LogP contribution >= 0.6 is 15.9 Å². The summed E-state index contributed by atoms with van der Waals surface area (Å²) in [6.07, 6.45) is 0. The number of nitrogen functional groups attached to an aromatic ring is 2. The number of aromatic nitrogens is 2. The molecule has 6 heteroatoms. The Hall–Kier alpha value is -1.82. The molecule has 0 aliphatic heterocycles. The van der Waals surface area contributed by atoms with Gasteiger partial charge in [-0.15, -0.1) is 0 Å². The molecule has 0 spiro atoms. The molecule has 2 aromatic rings. The number of hydrogen-bond acceptors (Lipinski definition) is 5. The van der Waals surface area contributed by atoms with E-state index in [1.165, 1.54) is 5.56 Å². The largest absolute Gasteiger partial charge is 0.383 e. The molecule has 0 aliphatic carbocycles. The Kier molecular flexibility index (Phi) is 3.14. The molecular weight excluding hydrogens is 282 g/mol. The van der Waals surface area contributed by atoms with Crippen molar-refractivity contribution in [3.8, 4) is 0 Å². The van der Waals surface area contributed by atoms with Crippen molar-refractivity contribution >= 4 is 39.2 Å². The van der Waals surface area contributed by atoms with E-state index >= 15 is 0 Å². The molecule has 5 nitrogen and oxygen atoms in total. The van der Waals surface area contributed by atoms with Crippen LogP contribution in [-0.2, 0) is 0 Å². The highest BCUT2D eigenvalue weighted by molar-refractivity contribution is 9.10. The standard InChI is InChI=1S/C11H12BrN5/c1-6-2-3-8(7(12)4-6)15-10-5-9(13)16-11(14)17-10/h2-5H,1H3,(H5,13,14,15,16,17). The number of aryl methyl sites for hydroxylation is 1. The Balaban J connectivity index is 2.31. The lowest BCUT2D eigenvalue weighted by Gasteiger charge is -2.09. The SMILES string of the molecule is Cc1ccc(Nc2cc(N)nc(N)n2)c(Br)c1. The molecule has 2 rings (SSSR count). The number of nitrogens with zero attached hydrogens (tertiary/aromatic N) is 2. The van der Waals surface area contributed by atoms with E-state index in [2.05, 4.69) is 31.2 Å². The van der Waals surface area contributed by atoms with Gasteiger partial charge in [0.2, 0.25) is 5.95 Å². The van der Waals surface area contributed by atoms with Crippen molar-refractivity contribution in [2.75, 3.05) is 16.8 Å². The molecule has 1 aromatic carbocycles. The molecule has 1 aromatic heterocycles. The number of nitrogens with one attached hydrogen (secondary N) is 1. The second-order valence-electron chi connectivity index (χ2n) is 3.64. The van der Waals surface area contributed by atoms with Crippen LogP contribution in [0.4, 0.5) is 23.3 Å². The Bertz CT molecular complexity index is 535. The van der Waals surface area contributed by atoms with E-state index in [-0.39, 0.29) is 5.95 Å². The van der Waals surface area contributed by atoms with Crippen LogP contribution in [0.2, 0.25) is 0 Å². The third kappa shape index (κ3) is 2.85. The molecular formula is C11H12BrN5. The van der Waals surface area contributed by atoms with Crippen LogP contribution in [0, 0.1) is 6.92 Å². The predicted octanol–water partition coefficient (Wildman–Crippen LogP) is 2.46. The van der Waals surface area contributed by atoms with Crippen LogP contribution in [0.15, 0.2) is 28.7 Å². The highest BCUT2D eigenvalue weighted by Crippen LogP contribution is 2.26. The van der Waals surface area contributed by atoms with Gasteiger partial charge in [-0.2, -0.15) is 9.97 Å². The van der Waals surface area contributed by atoms with Gasteiger partial charge in [0.1, 0.15) is 11.6 Å². The summed E-state index contributed by atoms with van der Waals surface area (Å²) < 4.78 is 0.952. The number of nitrogens with two attached hydrogens (primary N) is 2. The van der Waals surface area contributed by atoms with Crippen LogP contribution in [0.1, 0.15) is 5.56 Å². The zero-order chi connectivity index (χ0) is 12.4. The summed E-state index contributed by atoms with van der Waals surface area (Å²) in [6.45, 7) is 2.02. The van der Waals surface area contributed by atoms with Crippen molar-refractivity contribution in [3.63, 3.8) is 0 Å². The van der Waals surface area contributed by atoms with Gasteiger partial charge in [-0.1, -0.05) is 6.07 Å². The van der Waals surface area contributed by atoms with Crippen molar-refractivity contribution in [1.82, 2.24) is 9.97 Å². The van der Waals surface area contributed by atoms with Gasteiger partial charge in [0, 0.05) is 10.5 Å². The van der Waals surface area contributed by atoms with E-state index in [1.54, 1.807) is 6.07 Å². The van der Waals surface area contributed by atoms with Crippen molar-refractivity contribution in [1.29, 1.82) is 0 Å². The predicted molar refractivity (Wildman–Crippen MR) is 73.0 cm³/mol. The molecule has 5 N–H and O–H groups in total. The Morgan fingerprint density at radius 3 is 2.59 bits per heavy atom. The lowest BCUT2D eigenvalue weighted by Crippen LogP contribution is -2.03. The van der Waals surface area contributed by atoms with E-state index in [0.29, 0.717) is 11.6 Å². The van der Waals surface area contributed by atoms with Gasteiger partial charge in [-0.3, -0.25) is 0 Å². The number of halogens is 1. The molecule has 0 fully saturated rings. The fraction of sp³-hybridized carbons (Fsp3) is 0.0909. The lowest BCUT2D eigenvalue weighted by molar-refractivity contribution is 1.19. The van der Waals surface area contributed by atoms with Crippen molar-refractivity contribution in [3.05, 3.63) is 34.3 Å². The fourth-order valence-electron chi connectivity index (χ4n) is 1.41. The van der Waals surface area contributed by atoms with Crippen molar-refractivity contribution in [2.45, 2.75) is 6.92 Å². The smallest absolute Gasteiger partial charge is 0.223 e. The van der Waals surface area contributed by atoms with Gasteiger partial charge in [-0.05, 0) is 40.5 Å². The highest BCUT2D eigenvalue weighted by Gasteiger charge is 2.03. The molecule has 88 valence electrons. The van der Waals surface area contributed by atoms with Gasteiger partial charge in [0.15, 0.2) is 0 Å². The molecule has 0 aliphatic rings. The normalized spacial score (nSPS) is 10.2. The third-order valence-electron chi connectivity index (χ3n) is 2.15. The molecule has 0 saturated carbocycles. The summed E-state index contributed by atoms with van der Waals surface area (Å²) in [6, 6.07) is 7.59. The van der Waals surface area contributed by atoms with Gasteiger partial charge in [0.05, 0.1) is 5.69 Å². The van der Waals surface area contributed by atoms with E-state index in [1.807, 2.05) is 25.1 Å². The molecule has 0 saturated heterocycles. The van der Waals surface area contributed by atoms with Crippen molar-refractivity contribution < 1.29 is 0 Å². The fourth-order valence-corrected chi connectivity index (χ4v) is 2.00. The molecule has 0 atom stereocenters. The van der Waals surface area contributed by atoms with E-state index in [4.69, 9.17) is 11.5 Å². The zero-order valence-electron chi connectivity index (χ0n) is 9.24. The summed E-state index contributed by atoms with van der Waals surface area (Å²) >= 11 is 3.47. The van der Waals surface area contributed by atoms with Crippen LogP contribution < -0.4 is 16.8 Å². The third-order valence-corrected chi connectivity index (χ3v) is 2.81. The Morgan fingerprint density at radius 1 is 1.18 bits per heavy atom. The Labute approximate surface area is 107 Å². The maximum absolute atomic E-state index is 5.59. The second-order valence-corrected chi connectivity index (χ2v) is 4.50. The zero-order valence-corrected chi connectivity index (χ0v) is 10.8. The monoisotopic (exact) mass is 293 g/mol. The van der Waals surface area contributed by atoms with Crippen LogP contribution in [0.25, 0.3) is 0 Å². The number of rotatable bonds is 2. The van der Waals surface area contributed by atoms with Crippen LogP contribution in [-0.4, -0.2) is 9.97 Å².